The number of rotatable bonds is 1. The summed E-state index contributed by atoms with van der Waals surface area (Å²) < 4.78 is 0. The van der Waals surface area contributed by atoms with Crippen molar-refractivity contribution in [1.82, 2.24) is 4.98 Å². The minimum absolute atomic E-state index is 0.516. The SMILES string of the molecule is Cc1ccc(Cl)c(-c2ccc(N)nc2)c1. The standard InChI is InChI=1S/C12H11ClN2/c1-8-2-4-11(13)10(6-8)9-3-5-12(14)15-7-9/h2-7H,1H3,(H2,14,15). The van der Waals surface area contributed by atoms with E-state index in [1.54, 1.807) is 12.3 Å². The summed E-state index contributed by atoms with van der Waals surface area (Å²) in [6.07, 6.45) is 1.73. The van der Waals surface area contributed by atoms with Gasteiger partial charge in [-0.25, -0.2) is 4.98 Å². The molecule has 2 nitrogen and oxygen atoms in total. The summed E-state index contributed by atoms with van der Waals surface area (Å²) in [5.74, 6) is 0.516. The summed E-state index contributed by atoms with van der Waals surface area (Å²) in [6, 6.07) is 9.60. The summed E-state index contributed by atoms with van der Waals surface area (Å²) in [7, 11) is 0. The van der Waals surface area contributed by atoms with Crippen LogP contribution in [0.15, 0.2) is 36.5 Å². The Balaban J connectivity index is 2.53. The lowest BCUT2D eigenvalue weighted by molar-refractivity contribution is 1.33. The molecule has 3 heteroatoms. The van der Waals surface area contributed by atoms with E-state index in [-0.39, 0.29) is 0 Å². The van der Waals surface area contributed by atoms with Gasteiger partial charge < -0.3 is 5.73 Å². The van der Waals surface area contributed by atoms with E-state index in [1.165, 1.54) is 5.56 Å². The molecule has 2 N–H and O–H groups in total. The van der Waals surface area contributed by atoms with Crippen molar-refractivity contribution in [2.24, 2.45) is 0 Å². The van der Waals surface area contributed by atoms with Gasteiger partial charge in [-0.1, -0.05) is 23.2 Å². The van der Waals surface area contributed by atoms with E-state index in [0.717, 1.165) is 16.1 Å². The van der Waals surface area contributed by atoms with Crippen molar-refractivity contribution in [1.29, 1.82) is 0 Å². The van der Waals surface area contributed by atoms with Gasteiger partial charge in [-0.2, -0.15) is 0 Å². The van der Waals surface area contributed by atoms with Crippen LogP contribution in [0.4, 0.5) is 5.82 Å². The smallest absolute Gasteiger partial charge is 0.123 e. The molecule has 1 heterocycles. The number of aryl methyl sites for hydroxylation is 1. The zero-order valence-corrected chi connectivity index (χ0v) is 9.12. The number of hydrogen-bond acceptors (Lipinski definition) is 2. The summed E-state index contributed by atoms with van der Waals surface area (Å²) in [5.41, 5.74) is 8.68. The molecule has 0 bridgehead atoms. The first-order chi connectivity index (χ1) is 7.16. The molecule has 1 aromatic heterocycles. The van der Waals surface area contributed by atoms with Crippen LogP contribution in [-0.2, 0) is 0 Å². The number of nitrogen functional groups attached to an aromatic ring is 1. The van der Waals surface area contributed by atoms with E-state index < -0.39 is 0 Å². The molecule has 0 saturated carbocycles. The van der Waals surface area contributed by atoms with E-state index in [1.807, 2.05) is 31.2 Å². The Morgan fingerprint density at radius 1 is 1.20 bits per heavy atom. The number of anilines is 1. The Hall–Kier alpha value is -1.54. The third-order valence-corrected chi connectivity index (χ3v) is 2.55. The van der Waals surface area contributed by atoms with Crippen LogP contribution in [0, 0.1) is 6.92 Å². The van der Waals surface area contributed by atoms with Crippen LogP contribution in [0.2, 0.25) is 5.02 Å². The number of halogens is 1. The molecule has 0 fully saturated rings. The Labute approximate surface area is 93.7 Å². The third-order valence-electron chi connectivity index (χ3n) is 2.22. The highest BCUT2D eigenvalue weighted by Gasteiger charge is 2.03. The summed E-state index contributed by atoms with van der Waals surface area (Å²) in [6.45, 7) is 2.03. The van der Waals surface area contributed by atoms with E-state index in [0.29, 0.717) is 5.82 Å². The first-order valence-electron chi connectivity index (χ1n) is 4.65. The molecule has 0 aliphatic rings. The van der Waals surface area contributed by atoms with E-state index in [4.69, 9.17) is 17.3 Å². The van der Waals surface area contributed by atoms with Gasteiger partial charge in [0, 0.05) is 22.3 Å². The summed E-state index contributed by atoms with van der Waals surface area (Å²) >= 11 is 6.11. The zero-order chi connectivity index (χ0) is 10.8. The molecule has 0 aliphatic heterocycles. The molecule has 1 aromatic carbocycles. The molecule has 0 unspecified atom stereocenters. The maximum atomic E-state index is 6.11. The monoisotopic (exact) mass is 218 g/mol. The van der Waals surface area contributed by atoms with Crippen molar-refractivity contribution in [2.45, 2.75) is 6.92 Å². The van der Waals surface area contributed by atoms with Crippen LogP contribution in [0.3, 0.4) is 0 Å². The van der Waals surface area contributed by atoms with Crippen LogP contribution in [0.25, 0.3) is 11.1 Å². The van der Waals surface area contributed by atoms with Gasteiger partial charge in [0.25, 0.3) is 0 Å². The topological polar surface area (TPSA) is 38.9 Å². The number of nitrogens with two attached hydrogens (primary N) is 1. The van der Waals surface area contributed by atoms with Crippen molar-refractivity contribution in [3.63, 3.8) is 0 Å². The van der Waals surface area contributed by atoms with Crippen molar-refractivity contribution >= 4 is 17.4 Å². The molecule has 0 aliphatic carbocycles. The minimum Gasteiger partial charge on any atom is -0.384 e. The Kier molecular flexibility index (Phi) is 2.60. The highest BCUT2D eigenvalue weighted by atomic mass is 35.5. The lowest BCUT2D eigenvalue weighted by atomic mass is 10.1. The lowest BCUT2D eigenvalue weighted by Crippen LogP contribution is -1.89. The van der Waals surface area contributed by atoms with Gasteiger partial charge in [0.15, 0.2) is 0 Å². The first kappa shape index (κ1) is 9.99. The predicted molar refractivity (Wildman–Crippen MR) is 63.8 cm³/mol. The fourth-order valence-corrected chi connectivity index (χ4v) is 1.65. The van der Waals surface area contributed by atoms with Gasteiger partial charge in [0.2, 0.25) is 0 Å². The fourth-order valence-electron chi connectivity index (χ4n) is 1.42. The molecule has 0 radical (unpaired) electrons. The van der Waals surface area contributed by atoms with Crippen molar-refractivity contribution in [2.75, 3.05) is 5.73 Å². The van der Waals surface area contributed by atoms with E-state index in [2.05, 4.69) is 4.98 Å². The highest BCUT2D eigenvalue weighted by Crippen LogP contribution is 2.28. The quantitative estimate of drug-likeness (QED) is 0.798. The van der Waals surface area contributed by atoms with Gasteiger partial charge >= 0.3 is 0 Å². The average molecular weight is 219 g/mol. The largest absolute Gasteiger partial charge is 0.384 e. The van der Waals surface area contributed by atoms with Gasteiger partial charge in [0.1, 0.15) is 5.82 Å². The third kappa shape index (κ3) is 2.10. The highest BCUT2D eigenvalue weighted by molar-refractivity contribution is 6.33. The molecule has 2 rings (SSSR count). The van der Waals surface area contributed by atoms with Crippen molar-refractivity contribution in [3.8, 4) is 11.1 Å². The van der Waals surface area contributed by atoms with Gasteiger partial charge in [0.05, 0.1) is 0 Å². The minimum atomic E-state index is 0.516. The molecule has 76 valence electrons. The lowest BCUT2D eigenvalue weighted by Gasteiger charge is -2.05. The van der Waals surface area contributed by atoms with Gasteiger partial charge in [-0.3, -0.25) is 0 Å². The zero-order valence-electron chi connectivity index (χ0n) is 8.37. The number of benzene rings is 1. The Morgan fingerprint density at radius 3 is 2.67 bits per heavy atom. The van der Waals surface area contributed by atoms with Crippen LogP contribution in [0.5, 0.6) is 0 Å². The summed E-state index contributed by atoms with van der Waals surface area (Å²) in [5, 5.41) is 0.729. The van der Waals surface area contributed by atoms with Gasteiger partial charge in [-0.15, -0.1) is 0 Å². The number of pyridine rings is 1. The van der Waals surface area contributed by atoms with E-state index in [9.17, 15) is 0 Å². The van der Waals surface area contributed by atoms with Gasteiger partial charge in [-0.05, 0) is 31.2 Å². The average Bonchev–Trinajstić information content (AvgIpc) is 2.23. The van der Waals surface area contributed by atoms with Crippen LogP contribution < -0.4 is 5.73 Å². The van der Waals surface area contributed by atoms with Crippen LogP contribution in [0.1, 0.15) is 5.56 Å². The number of aromatic nitrogens is 1. The number of hydrogen-bond donors (Lipinski definition) is 1. The van der Waals surface area contributed by atoms with E-state index >= 15 is 0 Å². The number of nitrogens with zero attached hydrogens (tertiary/aromatic N) is 1. The molecule has 0 amide bonds. The normalized spacial score (nSPS) is 10.3. The van der Waals surface area contributed by atoms with Crippen LogP contribution >= 0.6 is 11.6 Å². The molecule has 15 heavy (non-hydrogen) atoms. The maximum Gasteiger partial charge on any atom is 0.123 e. The van der Waals surface area contributed by atoms with Crippen LogP contribution in [-0.4, -0.2) is 4.98 Å². The molecule has 2 aromatic rings. The maximum absolute atomic E-state index is 6.11. The molecule has 0 saturated heterocycles. The predicted octanol–water partition coefficient (Wildman–Crippen LogP) is 3.29. The second-order valence-corrected chi connectivity index (χ2v) is 3.86. The molecular formula is C12H11ClN2. The first-order valence-corrected chi connectivity index (χ1v) is 5.02. The Morgan fingerprint density at radius 2 is 2.00 bits per heavy atom. The fraction of sp³-hybridized carbons (Fsp3) is 0.0833. The Bertz CT molecular complexity index is 477. The second kappa shape index (κ2) is 3.91. The molecule has 0 atom stereocenters. The second-order valence-electron chi connectivity index (χ2n) is 3.46. The van der Waals surface area contributed by atoms with Crippen molar-refractivity contribution < 1.29 is 0 Å². The van der Waals surface area contributed by atoms with Crippen molar-refractivity contribution in [3.05, 3.63) is 47.1 Å². The summed E-state index contributed by atoms with van der Waals surface area (Å²) in [4.78, 5) is 4.05. The molecular weight excluding hydrogens is 208 g/mol. The molecule has 0 spiro atoms.